The normalized spacial score (nSPS) is 14.0. The highest BCUT2D eigenvalue weighted by molar-refractivity contribution is 5.96. The summed E-state index contributed by atoms with van der Waals surface area (Å²) in [5.74, 6) is 0.404. The predicted molar refractivity (Wildman–Crippen MR) is 118 cm³/mol. The number of benzene rings is 2. The first-order chi connectivity index (χ1) is 15.0. The molecular weight excluding hydrogens is 394 g/mol. The average Bonchev–Trinajstić information content (AvgIpc) is 2.80. The van der Waals surface area contributed by atoms with Gasteiger partial charge in [0, 0.05) is 24.7 Å². The number of ether oxygens (including phenoxy) is 1. The third-order valence-corrected chi connectivity index (χ3v) is 5.25. The second-order valence-corrected chi connectivity index (χ2v) is 7.53. The number of carbonyl (C=O) groups is 3. The van der Waals surface area contributed by atoms with Gasteiger partial charge < -0.3 is 20.3 Å². The van der Waals surface area contributed by atoms with Crippen LogP contribution in [0.4, 0.5) is 0 Å². The fraction of sp³-hybridized carbons (Fsp3) is 0.375. The summed E-state index contributed by atoms with van der Waals surface area (Å²) in [5, 5.41) is 5.73. The highest BCUT2D eigenvalue weighted by Gasteiger charge is 2.24. The number of likely N-dealkylation sites (tertiary alicyclic amines) is 1. The van der Waals surface area contributed by atoms with Crippen molar-refractivity contribution < 1.29 is 19.1 Å². The lowest BCUT2D eigenvalue weighted by atomic mass is 10.0. The first kappa shape index (κ1) is 22.3. The molecule has 0 aromatic heterocycles. The lowest BCUT2D eigenvalue weighted by molar-refractivity contribution is -0.131. The number of carbonyl (C=O) groups excluding carboxylic acids is 3. The molecule has 0 aliphatic carbocycles. The van der Waals surface area contributed by atoms with E-state index in [9.17, 15) is 14.4 Å². The zero-order valence-corrected chi connectivity index (χ0v) is 17.8. The summed E-state index contributed by atoms with van der Waals surface area (Å²) < 4.78 is 5.41. The van der Waals surface area contributed by atoms with E-state index >= 15 is 0 Å². The lowest BCUT2D eigenvalue weighted by Gasteiger charge is -2.32. The molecule has 0 radical (unpaired) electrons. The zero-order chi connectivity index (χ0) is 22.1. The Morgan fingerprint density at radius 3 is 2.32 bits per heavy atom. The number of piperidine rings is 1. The monoisotopic (exact) mass is 423 g/mol. The Bertz CT molecular complexity index is 875. The van der Waals surface area contributed by atoms with E-state index in [0.29, 0.717) is 44.5 Å². The van der Waals surface area contributed by atoms with Gasteiger partial charge in [-0.15, -0.1) is 0 Å². The molecule has 31 heavy (non-hydrogen) atoms. The van der Waals surface area contributed by atoms with Gasteiger partial charge in [-0.3, -0.25) is 14.4 Å². The summed E-state index contributed by atoms with van der Waals surface area (Å²) in [4.78, 5) is 38.5. The standard InChI is InChI=1S/C24H29N3O4/c1-2-31-21-10-8-18(9-11-21)16-22(28)26-20-12-14-27(15-13-20)23(29)17-25-24(30)19-6-4-3-5-7-19/h3-11,20H,2,12-17H2,1H3,(H,25,30)(H,26,28). The molecule has 0 atom stereocenters. The Balaban J connectivity index is 1.37. The molecule has 0 unspecified atom stereocenters. The van der Waals surface area contributed by atoms with Crippen LogP contribution in [-0.4, -0.2) is 54.9 Å². The van der Waals surface area contributed by atoms with E-state index < -0.39 is 0 Å². The van der Waals surface area contributed by atoms with Crippen molar-refractivity contribution in [3.05, 3.63) is 65.7 Å². The van der Waals surface area contributed by atoms with Crippen LogP contribution < -0.4 is 15.4 Å². The second-order valence-electron chi connectivity index (χ2n) is 7.53. The number of nitrogens with zero attached hydrogens (tertiary/aromatic N) is 1. The molecule has 1 heterocycles. The van der Waals surface area contributed by atoms with E-state index in [0.717, 1.165) is 11.3 Å². The molecule has 1 saturated heterocycles. The van der Waals surface area contributed by atoms with Gasteiger partial charge in [-0.1, -0.05) is 30.3 Å². The van der Waals surface area contributed by atoms with E-state index in [4.69, 9.17) is 4.74 Å². The Labute approximate surface area is 182 Å². The Hall–Kier alpha value is -3.35. The van der Waals surface area contributed by atoms with E-state index in [2.05, 4.69) is 10.6 Å². The largest absolute Gasteiger partial charge is 0.494 e. The van der Waals surface area contributed by atoms with Crippen molar-refractivity contribution in [1.29, 1.82) is 0 Å². The Kier molecular flexibility index (Phi) is 8.04. The molecule has 0 spiro atoms. The minimum absolute atomic E-state index is 0.0240. The molecule has 0 saturated carbocycles. The molecule has 0 bridgehead atoms. The lowest BCUT2D eigenvalue weighted by Crippen LogP contribution is -2.49. The van der Waals surface area contributed by atoms with Crippen LogP contribution in [0.15, 0.2) is 54.6 Å². The van der Waals surface area contributed by atoms with Gasteiger partial charge >= 0.3 is 0 Å². The van der Waals surface area contributed by atoms with Crippen LogP contribution in [-0.2, 0) is 16.0 Å². The van der Waals surface area contributed by atoms with Gasteiger partial charge in [0.2, 0.25) is 11.8 Å². The smallest absolute Gasteiger partial charge is 0.251 e. The maximum absolute atomic E-state index is 12.4. The molecular formula is C24H29N3O4. The maximum atomic E-state index is 12.4. The van der Waals surface area contributed by atoms with Crippen molar-refractivity contribution in [2.45, 2.75) is 32.2 Å². The van der Waals surface area contributed by atoms with Crippen LogP contribution in [0.1, 0.15) is 35.7 Å². The average molecular weight is 424 g/mol. The van der Waals surface area contributed by atoms with Crippen molar-refractivity contribution >= 4 is 17.7 Å². The van der Waals surface area contributed by atoms with Crippen molar-refractivity contribution in [3.63, 3.8) is 0 Å². The summed E-state index contributed by atoms with van der Waals surface area (Å²) in [6.07, 6.45) is 1.72. The van der Waals surface area contributed by atoms with Crippen LogP contribution in [0.3, 0.4) is 0 Å². The minimum atomic E-state index is -0.259. The molecule has 2 N–H and O–H groups in total. The summed E-state index contributed by atoms with van der Waals surface area (Å²) >= 11 is 0. The molecule has 7 heteroatoms. The van der Waals surface area contributed by atoms with E-state index in [1.807, 2.05) is 37.3 Å². The van der Waals surface area contributed by atoms with E-state index in [1.165, 1.54) is 0 Å². The fourth-order valence-corrected chi connectivity index (χ4v) is 3.57. The SMILES string of the molecule is CCOc1ccc(CC(=O)NC2CCN(C(=O)CNC(=O)c3ccccc3)CC2)cc1. The molecule has 2 aromatic rings. The van der Waals surface area contributed by atoms with Crippen LogP contribution in [0.25, 0.3) is 0 Å². The first-order valence-corrected chi connectivity index (χ1v) is 10.7. The number of hydrogen-bond acceptors (Lipinski definition) is 4. The van der Waals surface area contributed by atoms with E-state index in [1.54, 1.807) is 29.2 Å². The number of hydrogen-bond donors (Lipinski definition) is 2. The minimum Gasteiger partial charge on any atom is -0.494 e. The zero-order valence-electron chi connectivity index (χ0n) is 17.8. The second kappa shape index (κ2) is 11.2. The number of nitrogens with one attached hydrogen (secondary N) is 2. The molecule has 3 rings (SSSR count). The third-order valence-electron chi connectivity index (χ3n) is 5.25. The molecule has 3 amide bonds. The van der Waals surface area contributed by atoms with Gasteiger partial charge in [-0.05, 0) is 49.6 Å². The van der Waals surface area contributed by atoms with Crippen molar-refractivity contribution in [2.24, 2.45) is 0 Å². The number of amides is 3. The van der Waals surface area contributed by atoms with Crippen molar-refractivity contribution in [2.75, 3.05) is 26.2 Å². The van der Waals surface area contributed by atoms with Crippen LogP contribution in [0.5, 0.6) is 5.75 Å². The van der Waals surface area contributed by atoms with Gasteiger partial charge in [0.05, 0.1) is 19.6 Å². The van der Waals surface area contributed by atoms with Gasteiger partial charge in [0.25, 0.3) is 5.91 Å². The molecule has 1 aliphatic rings. The van der Waals surface area contributed by atoms with Gasteiger partial charge in [-0.2, -0.15) is 0 Å². The molecule has 1 aliphatic heterocycles. The molecule has 7 nitrogen and oxygen atoms in total. The molecule has 2 aromatic carbocycles. The highest BCUT2D eigenvalue weighted by atomic mass is 16.5. The summed E-state index contributed by atoms with van der Waals surface area (Å²) in [5.41, 5.74) is 1.46. The van der Waals surface area contributed by atoms with Crippen molar-refractivity contribution in [1.82, 2.24) is 15.5 Å². The van der Waals surface area contributed by atoms with Crippen LogP contribution in [0, 0.1) is 0 Å². The summed E-state index contributed by atoms with van der Waals surface area (Å²) in [7, 11) is 0. The highest BCUT2D eigenvalue weighted by Crippen LogP contribution is 2.14. The molecule has 1 fully saturated rings. The third kappa shape index (κ3) is 6.84. The fourth-order valence-electron chi connectivity index (χ4n) is 3.57. The van der Waals surface area contributed by atoms with Crippen LogP contribution >= 0.6 is 0 Å². The summed E-state index contributed by atoms with van der Waals surface area (Å²) in [6, 6.07) is 16.4. The summed E-state index contributed by atoms with van der Waals surface area (Å²) in [6.45, 7) is 3.64. The first-order valence-electron chi connectivity index (χ1n) is 10.7. The van der Waals surface area contributed by atoms with Crippen LogP contribution in [0.2, 0.25) is 0 Å². The topological polar surface area (TPSA) is 87.7 Å². The van der Waals surface area contributed by atoms with E-state index in [-0.39, 0.29) is 30.3 Å². The van der Waals surface area contributed by atoms with Gasteiger partial charge in [0.1, 0.15) is 5.75 Å². The molecule has 164 valence electrons. The van der Waals surface area contributed by atoms with Gasteiger partial charge in [0.15, 0.2) is 0 Å². The number of rotatable bonds is 8. The van der Waals surface area contributed by atoms with Gasteiger partial charge in [-0.25, -0.2) is 0 Å². The Morgan fingerprint density at radius 1 is 1.00 bits per heavy atom. The quantitative estimate of drug-likeness (QED) is 0.681. The maximum Gasteiger partial charge on any atom is 0.251 e. The Morgan fingerprint density at radius 2 is 1.68 bits per heavy atom. The predicted octanol–water partition coefficient (Wildman–Crippen LogP) is 2.16. The van der Waals surface area contributed by atoms with Crippen molar-refractivity contribution in [3.8, 4) is 5.75 Å².